The number of halogens is 1. The molecule has 1 aromatic carbocycles. The maximum absolute atomic E-state index is 11.8. The summed E-state index contributed by atoms with van der Waals surface area (Å²) >= 11 is 6.03. The van der Waals surface area contributed by atoms with Crippen molar-refractivity contribution in [3.8, 4) is 0 Å². The third kappa shape index (κ3) is 2.58. The minimum atomic E-state index is -0.115. The molecule has 0 spiro atoms. The Morgan fingerprint density at radius 2 is 2.12 bits per heavy atom. The molecule has 1 saturated heterocycles. The lowest BCUT2D eigenvalue weighted by Gasteiger charge is -2.20. The molecule has 0 unspecified atom stereocenters. The van der Waals surface area contributed by atoms with Crippen LogP contribution in [-0.2, 0) is 9.59 Å². The van der Waals surface area contributed by atoms with Gasteiger partial charge in [-0.3, -0.25) is 9.59 Å². The fourth-order valence-corrected chi connectivity index (χ4v) is 1.89. The number of carbonyl (C=O) groups excluding carboxylic acids is 2. The molecular weight excluding hydrogens is 240 g/mol. The fraction of sp³-hybridized carbons (Fsp3) is 0.333. The van der Waals surface area contributed by atoms with Gasteiger partial charge in [0.1, 0.15) is 0 Å². The summed E-state index contributed by atoms with van der Waals surface area (Å²) < 4.78 is 0. The Morgan fingerprint density at radius 1 is 1.35 bits per heavy atom. The average Bonchev–Trinajstić information content (AvgIpc) is 2.46. The number of nitrogens with zero attached hydrogens (tertiary/aromatic N) is 1. The lowest BCUT2D eigenvalue weighted by atomic mass is 10.2. The number of benzene rings is 1. The summed E-state index contributed by atoms with van der Waals surface area (Å²) in [5.41, 5.74) is 1.70. The third-order valence-electron chi connectivity index (χ3n) is 2.77. The van der Waals surface area contributed by atoms with E-state index in [2.05, 4.69) is 5.32 Å². The van der Waals surface area contributed by atoms with Gasteiger partial charge in [-0.05, 0) is 24.6 Å². The Bertz CT molecular complexity index is 474. The largest absolute Gasteiger partial charge is 0.347 e. The van der Waals surface area contributed by atoms with Crippen molar-refractivity contribution < 1.29 is 9.59 Å². The molecule has 0 saturated carbocycles. The quantitative estimate of drug-likeness (QED) is 0.824. The second kappa shape index (κ2) is 4.75. The summed E-state index contributed by atoms with van der Waals surface area (Å²) in [5.74, 6) is -0.213. The molecule has 0 atom stereocenters. The number of nitrogens with one attached hydrogen (secondary N) is 1. The number of rotatable bonds is 1. The average molecular weight is 253 g/mol. The molecule has 1 aliphatic rings. The second-order valence-electron chi connectivity index (χ2n) is 4.01. The first-order valence-electron chi connectivity index (χ1n) is 5.41. The van der Waals surface area contributed by atoms with Gasteiger partial charge < -0.3 is 10.2 Å². The van der Waals surface area contributed by atoms with Crippen LogP contribution in [0.2, 0.25) is 5.02 Å². The number of anilines is 1. The molecule has 2 amide bonds. The molecule has 90 valence electrons. The maximum atomic E-state index is 11.8. The SMILES string of the molecule is Cc1ccc(N2CCC(=O)NCC2=O)cc1Cl. The van der Waals surface area contributed by atoms with Crippen LogP contribution in [0.15, 0.2) is 18.2 Å². The molecule has 4 nitrogen and oxygen atoms in total. The highest BCUT2D eigenvalue weighted by molar-refractivity contribution is 6.31. The van der Waals surface area contributed by atoms with Gasteiger partial charge in [0, 0.05) is 23.7 Å². The highest BCUT2D eigenvalue weighted by Crippen LogP contribution is 2.23. The number of amides is 2. The standard InChI is InChI=1S/C12H13ClN2O2/c1-8-2-3-9(6-10(8)13)15-5-4-11(16)14-7-12(15)17/h2-3,6H,4-5,7H2,1H3,(H,14,16). The van der Waals surface area contributed by atoms with Gasteiger partial charge in [0.15, 0.2) is 0 Å². The molecule has 17 heavy (non-hydrogen) atoms. The van der Waals surface area contributed by atoms with Gasteiger partial charge in [-0.1, -0.05) is 17.7 Å². The summed E-state index contributed by atoms with van der Waals surface area (Å²) in [5, 5.41) is 3.18. The molecule has 0 aromatic heterocycles. The Balaban J connectivity index is 2.28. The van der Waals surface area contributed by atoms with Crippen molar-refractivity contribution in [2.24, 2.45) is 0 Å². The second-order valence-corrected chi connectivity index (χ2v) is 4.41. The summed E-state index contributed by atoms with van der Waals surface area (Å²) in [6.45, 7) is 2.34. The van der Waals surface area contributed by atoms with Crippen LogP contribution in [0.4, 0.5) is 5.69 Å². The van der Waals surface area contributed by atoms with Crippen molar-refractivity contribution in [2.45, 2.75) is 13.3 Å². The van der Waals surface area contributed by atoms with Crippen molar-refractivity contribution in [2.75, 3.05) is 18.0 Å². The van der Waals surface area contributed by atoms with E-state index in [0.717, 1.165) is 11.3 Å². The first-order chi connectivity index (χ1) is 8.08. The third-order valence-corrected chi connectivity index (χ3v) is 3.17. The topological polar surface area (TPSA) is 49.4 Å². The molecule has 1 aliphatic heterocycles. The lowest BCUT2D eigenvalue weighted by molar-refractivity contribution is -0.123. The van der Waals surface area contributed by atoms with Crippen LogP contribution in [-0.4, -0.2) is 24.9 Å². The van der Waals surface area contributed by atoms with Crippen LogP contribution >= 0.6 is 11.6 Å². The van der Waals surface area contributed by atoms with Gasteiger partial charge in [0.2, 0.25) is 11.8 Å². The van der Waals surface area contributed by atoms with E-state index in [0.29, 0.717) is 18.0 Å². The van der Waals surface area contributed by atoms with E-state index >= 15 is 0 Å². The highest BCUT2D eigenvalue weighted by atomic mass is 35.5. The number of hydrogen-bond acceptors (Lipinski definition) is 2. The molecule has 0 bridgehead atoms. The van der Waals surface area contributed by atoms with E-state index in [9.17, 15) is 9.59 Å². The highest BCUT2D eigenvalue weighted by Gasteiger charge is 2.21. The number of aryl methyl sites for hydroxylation is 1. The van der Waals surface area contributed by atoms with Crippen molar-refractivity contribution in [3.05, 3.63) is 28.8 Å². The summed E-state index contributed by atoms with van der Waals surface area (Å²) in [6.07, 6.45) is 0.317. The molecule has 0 radical (unpaired) electrons. The summed E-state index contributed by atoms with van der Waals surface area (Å²) in [6, 6.07) is 5.46. The fourth-order valence-electron chi connectivity index (χ4n) is 1.72. The molecule has 1 heterocycles. The Labute approximate surface area is 105 Å². The van der Waals surface area contributed by atoms with Gasteiger partial charge in [0.05, 0.1) is 6.54 Å². The van der Waals surface area contributed by atoms with E-state index < -0.39 is 0 Å². The molecular formula is C12H13ClN2O2. The van der Waals surface area contributed by atoms with Gasteiger partial charge in [-0.2, -0.15) is 0 Å². The minimum Gasteiger partial charge on any atom is -0.347 e. The van der Waals surface area contributed by atoms with Crippen LogP contribution in [0.1, 0.15) is 12.0 Å². The molecule has 1 N–H and O–H groups in total. The molecule has 5 heteroatoms. The predicted molar refractivity (Wildman–Crippen MR) is 66.2 cm³/mol. The molecule has 1 fully saturated rings. The zero-order valence-corrected chi connectivity index (χ0v) is 10.3. The van der Waals surface area contributed by atoms with E-state index in [1.807, 2.05) is 19.1 Å². The van der Waals surface area contributed by atoms with E-state index in [1.165, 1.54) is 0 Å². The van der Waals surface area contributed by atoms with Crippen molar-refractivity contribution in [3.63, 3.8) is 0 Å². The normalized spacial score (nSPS) is 16.7. The summed E-state index contributed by atoms with van der Waals surface area (Å²) in [7, 11) is 0. The predicted octanol–water partition coefficient (Wildman–Crippen LogP) is 1.50. The number of hydrogen-bond donors (Lipinski definition) is 1. The van der Waals surface area contributed by atoms with Crippen LogP contribution in [0.25, 0.3) is 0 Å². The van der Waals surface area contributed by atoms with Gasteiger partial charge >= 0.3 is 0 Å². The zero-order chi connectivity index (χ0) is 12.4. The zero-order valence-electron chi connectivity index (χ0n) is 9.50. The monoisotopic (exact) mass is 252 g/mol. The van der Waals surface area contributed by atoms with Crippen LogP contribution < -0.4 is 10.2 Å². The molecule has 0 aliphatic carbocycles. The van der Waals surface area contributed by atoms with E-state index in [1.54, 1.807) is 11.0 Å². The van der Waals surface area contributed by atoms with Gasteiger partial charge in [0.25, 0.3) is 0 Å². The maximum Gasteiger partial charge on any atom is 0.246 e. The van der Waals surface area contributed by atoms with Crippen LogP contribution in [0, 0.1) is 6.92 Å². The van der Waals surface area contributed by atoms with Crippen molar-refractivity contribution in [1.29, 1.82) is 0 Å². The Morgan fingerprint density at radius 3 is 2.82 bits per heavy atom. The molecule has 1 aromatic rings. The van der Waals surface area contributed by atoms with Crippen LogP contribution in [0.5, 0.6) is 0 Å². The van der Waals surface area contributed by atoms with Gasteiger partial charge in [-0.25, -0.2) is 0 Å². The first-order valence-corrected chi connectivity index (χ1v) is 5.79. The van der Waals surface area contributed by atoms with E-state index in [4.69, 9.17) is 11.6 Å². The van der Waals surface area contributed by atoms with E-state index in [-0.39, 0.29) is 18.4 Å². The minimum absolute atomic E-state index is 0.0460. The van der Waals surface area contributed by atoms with Crippen molar-refractivity contribution >= 4 is 29.1 Å². The summed E-state index contributed by atoms with van der Waals surface area (Å²) in [4.78, 5) is 24.6. The smallest absolute Gasteiger partial charge is 0.246 e. The van der Waals surface area contributed by atoms with Crippen molar-refractivity contribution in [1.82, 2.24) is 5.32 Å². The lowest BCUT2D eigenvalue weighted by Crippen LogP contribution is -2.35. The van der Waals surface area contributed by atoms with Gasteiger partial charge in [-0.15, -0.1) is 0 Å². The van der Waals surface area contributed by atoms with Crippen LogP contribution in [0.3, 0.4) is 0 Å². The Hall–Kier alpha value is -1.55. The first kappa shape index (κ1) is 11.9. The molecule has 2 rings (SSSR count). The Kier molecular flexibility index (Phi) is 3.33. The number of carbonyl (C=O) groups is 2.